The zero-order valence-corrected chi connectivity index (χ0v) is 10.8. The molecule has 2 rings (SSSR count). The van der Waals surface area contributed by atoms with Crippen LogP contribution in [0.15, 0.2) is 22.0 Å². The van der Waals surface area contributed by atoms with Gasteiger partial charge < -0.3 is 10.3 Å². The van der Waals surface area contributed by atoms with Crippen LogP contribution >= 0.6 is 23.7 Å². The maximum absolute atomic E-state index is 5.85. The van der Waals surface area contributed by atoms with Gasteiger partial charge in [0.15, 0.2) is 5.82 Å². The van der Waals surface area contributed by atoms with E-state index in [1.807, 2.05) is 31.4 Å². The Bertz CT molecular complexity index is 433. The van der Waals surface area contributed by atoms with Crippen molar-refractivity contribution in [3.05, 3.63) is 34.1 Å². The van der Waals surface area contributed by atoms with Crippen molar-refractivity contribution in [3.8, 4) is 0 Å². The van der Waals surface area contributed by atoms with Gasteiger partial charge in [-0.1, -0.05) is 11.2 Å². The quantitative estimate of drug-likeness (QED) is 0.919. The summed E-state index contributed by atoms with van der Waals surface area (Å²) in [4.78, 5) is 5.48. The lowest BCUT2D eigenvalue weighted by Gasteiger charge is -2.10. The van der Waals surface area contributed by atoms with E-state index in [1.54, 1.807) is 11.3 Å². The lowest BCUT2D eigenvalue weighted by Crippen LogP contribution is -2.29. The number of hydrogen-bond donors (Lipinski definition) is 1. The van der Waals surface area contributed by atoms with Crippen LogP contribution in [0, 0.1) is 0 Å². The number of thiophene rings is 1. The molecular formula is C10H14ClN3OS. The monoisotopic (exact) mass is 259 g/mol. The Kier molecular flexibility index (Phi) is 4.07. The van der Waals surface area contributed by atoms with Crippen LogP contribution in [-0.2, 0) is 12.0 Å². The zero-order chi connectivity index (χ0) is 10.9. The SMILES string of the molecule is CC(C)(N)c1nc(Cc2cccs2)no1.Cl. The number of nitrogens with zero attached hydrogens (tertiary/aromatic N) is 2. The predicted octanol–water partition coefficient (Wildman–Crippen LogP) is 2.34. The zero-order valence-electron chi connectivity index (χ0n) is 9.14. The molecule has 2 heterocycles. The second-order valence-electron chi connectivity index (χ2n) is 3.99. The number of halogens is 1. The third kappa shape index (κ3) is 3.04. The Hall–Kier alpha value is -0.910. The molecular weight excluding hydrogens is 246 g/mol. The molecule has 0 saturated carbocycles. The fourth-order valence-corrected chi connectivity index (χ4v) is 1.86. The van der Waals surface area contributed by atoms with Crippen molar-refractivity contribution in [2.75, 3.05) is 0 Å². The summed E-state index contributed by atoms with van der Waals surface area (Å²) in [5, 5.41) is 5.93. The maximum Gasteiger partial charge on any atom is 0.246 e. The van der Waals surface area contributed by atoms with E-state index in [0.29, 0.717) is 18.1 Å². The third-order valence-electron chi connectivity index (χ3n) is 1.93. The first kappa shape index (κ1) is 13.2. The highest BCUT2D eigenvalue weighted by Gasteiger charge is 2.22. The van der Waals surface area contributed by atoms with E-state index >= 15 is 0 Å². The highest BCUT2D eigenvalue weighted by molar-refractivity contribution is 7.09. The molecule has 0 aliphatic carbocycles. The van der Waals surface area contributed by atoms with Gasteiger partial charge in [0.2, 0.25) is 5.89 Å². The van der Waals surface area contributed by atoms with Crippen LogP contribution in [-0.4, -0.2) is 10.1 Å². The first-order valence-corrected chi connectivity index (χ1v) is 5.58. The first-order valence-electron chi connectivity index (χ1n) is 4.70. The lowest BCUT2D eigenvalue weighted by atomic mass is 10.1. The number of aromatic nitrogens is 2. The van der Waals surface area contributed by atoms with Crippen LogP contribution in [0.1, 0.15) is 30.4 Å². The molecule has 0 spiro atoms. The predicted molar refractivity (Wildman–Crippen MR) is 65.9 cm³/mol. The van der Waals surface area contributed by atoms with Gasteiger partial charge in [-0.3, -0.25) is 0 Å². The fourth-order valence-electron chi connectivity index (χ4n) is 1.16. The van der Waals surface area contributed by atoms with Gasteiger partial charge in [-0.15, -0.1) is 23.7 Å². The Morgan fingerprint density at radius 2 is 2.25 bits per heavy atom. The van der Waals surface area contributed by atoms with E-state index in [1.165, 1.54) is 4.88 Å². The van der Waals surface area contributed by atoms with Crippen LogP contribution in [0.25, 0.3) is 0 Å². The van der Waals surface area contributed by atoms with Gasteiger partial charge in [-0.2, -0.15) is 4.98 Å². The smallest absolute Gasteiger partial charge is 0.246 e. The number of nitrogens with two attached hydrogens (primary N) is 1. The first-order chi connectivity index (χ1) is 7.05. The molecule has 0 bridgehead atoms. The van der Waals surface area contributed by atoms with Gasteiger partial charge in [0.1, 0.15) is 0 Å². The summed E-state index contributed by atoms with van der Waals surface area (Å²) in [6, 6.07) is 4.06. The van der Waals surface area contributed by atoms with E-state index in [0.717, 1.165) is 0 Å². The van der Waals surface area contributed by atoms with Gasteiger partial charge in [0.05, 0.1) is 5.54 Å². The van der Waals surface area contributed by atoms with Gasteiger partial charge in [-0.25, -0.2) is 0 Å². The van der Waals surface area contributed by atoms with E-state index in [9.17, 15) is 0 Å². The molecule has 0 fully saturated rings. The van der Waals surface area contributed by atoms with E-state index in [-0.39, 0.29) is 12.4 Å². The minimum Gasteiger partial charge on any atom is -0.337 e. The topological polar surface area (TPSA) is 64.9 Å². The van der Waals surface area contributed by atoms with Crippen LogP contribution < -0.4 is 5.73 Å². The molecule has 88 valence electrons. The summed E-state index contributed by atoms with van der Waals surface area (Å²) in [6.45, 7) is 3.69. The molecule has 0 amide bonds. The lowest BCUT2D eigenvalue weighted by molar-refractivity contribution is 0.310. The third-order valence-corrected chi connectivity index (χ3v) is 2.81. The molecule has 0 aliphatic rings. The summed E-state index contributed by atoms with van der Waals surface area (Å²) in [5.41, 5.74) is 5.28. The van der Waals surface area contributed by atoms with Crippen LogP contribution in [0.2, 0.25) is 0 Å². The standard InChI is InChI=1S/C10H13N3OS.ClH/c1-10(2,11)9-12-8(13-14-9)6-7-4-3-5-15-7;/h3-5H,6,11H2,1-2H3;1H. The molecule has 2 aromatic rings. The largest absolute Gasteiger partial charge is 0.337 e. The molecule has 16 heavy (non-hydrogen) atoms. The Balaban J connectivity index is 0.00000128. The van der Waals surface area contributed by atoms with Crippen molar-refractivity contribution in [2.45, 2.75) is 25.8 Å². The van der Waals surface area contributed by atoms with Gasteiger partial charge in [-0.05, 0) is 25.3 Å². The average Bonchev–Trinajstić information content (AvgIpc) is 2.73. The van der Waals surface area contributed by atoms with Crippen molar-refractivity contribution >= 4 is 23.7 Å². The van der Waals surface area contributed by atoms with Crippen molar-refractivity contribution in [3.63, 3.8) is 0 Å². The summed E-state index contributed by atoms with van der Waals surface area (Å²) in [7, 11) is 0. The summed E-state index contributed by atoms with van der Waals surface area (Å²) >= 11 is 1.68. The number of hydrogen-bond acceptors (Lipinski definition) is 5. The Labute approximate surface area is 104 Å². The number of rotatable bonds is 3. The minimum absolute atomic E-state index is 0. The van der Waals surface area contributed by atoms with E-state index in [4.69, 9.17) is 10.3 Å². The normalized spacial score (nSPS) is 11.2. The molecule has 0 aliphatic heterocycles. The summed E-state index contributed by atoms with van der Waals surface area (Å²) in [6.07, 6.45) is 0.706. The molecule has 0 radical (unpaired) electrons. The van der Waals surface area contributed by atoms with Crippen LogP contribution in [0.4, 0.5) is 0 Å². The van der Waals surface area contributed by atoms with Crippen molar-refractivity contribution in [2.24, 2.45) is 5.73 Å². The Morgan fingerprint density at radius 1 is 1.50 bits per heavy atom. The maximum atomic E-state index is 5.85. The van der Waals surface area contributed by atoms with E-state index < -0.39 is 5.54 Å². The van der Waals surface area contributed by atoms with Gasteiger partial charge >= 0.3 is 0 Å². The minimum atomic E-state index is -0.569. The second-order valence-corrected chi connectivity index (χ2v) is 5.03. The summed E-state index contributed by atoms with van der Waals surface area (Å²) in [5.74, 6) is 1.17. The molecule has 0 unspecified atom stereocenters. The molecule has 0 atom stereocenters. The van der Waals surface area contributed by atoms with Gasteiger partial charge in [0, 0.05) is 11.3 Å². The van der Waals surface area contributed by atoms with Crippen molar-refractivity contribution < 1.29 is 4.52 Å². The highest BCUT2D eigenvalue weighted by Crippen LogP contribution is 2.17. The van der Waals surface area contributed by atoms with Crippen molar-refractivity contribution in [1.82, 2.24) is 10.1 Å². The molecule has 6 heteroatoms. The summed E-state index contributed by atoms with van der Waals surface area (Å²) < 4.78 is 5.10. The molecule has 4 nitrogen and oxygen atoms in total. The van der Waals surface area contributed by atoms with Crippen molar-refractivity contribution in [1.29, 1.82) is 0 Å². The Morgan fingerprint density at radius 3 is 2.75 bits per heavy atom. The molecule has 0 aromatic carbocycles. The molecule has 2 N–H and O–H groups in total. The molecule has 0 saturated heterocycles. The van der Waals surface area contributed by atoms with Gasteiger partial charge in [0.25, 0.3) is 0 Å². The van der Waals surface area contributed by atoms with Crippen LogP contribution in [0.5, 0.6) is 0 Å². The van der Waals surface area contributed by atoms with Crippen LogP contribution in [0.3, 0.4) is 0 Å². The van der Waals surface area contributed by atoms with E-state index in [2.05, 4.69) is 10.1 Å². The highest BCUT2D eigenvalue weighted by atomic mass is 35.5. The fraction of sp³-hybridized carbons (Fsp3) is 0.400. The molecule has 2 aromatic heterocycles. The second kappa shape index (κ2) is 4.95. The average molecular weight is 260 g/mol.